The number of phenols is 1. The van der Waals surface area contributed by atoms with Crippen LogP contribution >= 0.6 is 12.6 Å². The molecule has 668 valence electrons. The van der Waals surface area contributed by atoms with Crippen molar-refractivity contribution in [3.63, 3.8) is 0 Å². The number of aromatic nitrogens is 2. The van der Waals surface area contributed by atoms with Crippen molar-refractivity contribution < 1.29 is 112 Å². The lowest BCUT2D eigenvalue weighted by Gasteiger charge is -2.30. The Balaban J connectivity index is 1.53. The zero-order valence-electron chi connectivity index (χ0n) is 68.0. The van der Waals surface area contributed by atoms with Crippen LogP contribution in [0.15, 0.2) is 67.1 Å². The number of aliphatic hydroxyl groups is 2. The van der Waals surface area contributed by atoms with E-state index in [1.165, 1.54) is 55.8 Å². The van der Waals surface area contributed by atoms with Crippen LogP contribution in [0, 0.1) is 17.2 Å². The first-order valence-electron chi connectivity index (χ1n) is 39.3. The number of imidazole rings is 1. The van der Waals surface area contributed by atoms with E-state index in [-0.39, 0.29) is 101 Å². The van der Waals surface area contributed by atoms with Gasteiger partial charge in [0, 0.05) is 50.7 Å². The Labute approximate surface area is 702 Å². The van der Waals surface area contributed by atoms with E-state index in [1.54, 1.807) is 45.9 Å². The predicted octanol–water partition coefficient (Wildman–Crippen LogP) is -6.76. The van der Waals surface area contributed by atoms with Gasteiger partial charge in [0.1, 0.15) is 84.3 Å². The van der Waals surface area contributed by atoms with Gasteiger partial charge < -0.3 is 132 Å². The van der Waals surface area contributed by atoms with Crippen molar-refractivity contribution in [2.45, 2.75) is 222 Å². The number of nitrogens with one attached hydrogen (secondary N) is 16. The zero-order chi connectivity index (χ0) is 90.3. The molecule has 0 aliphatic carbocycles. The first-order valence-corrected chi connectivity index (χ1v) is 39.9. The van der Waals surface area contributed by atoms with Crippen LogP contribution in [0.4, 0.5) is 0 Å². The van der Waals surface area contributed by atoms with E-state index in [0.717, 1.165) is 11.8 Å². The molecule has 3 aromatic rings. The molecular formula is C76H115N21O23S. The maximum absolute atomic E-state index is 14.5. The molecule has 1 aliphatic heterocycles. The predicted molar refractivity (Wildman–Crippen MR) is 435 cm³/mol. The third-order valence-corrected chi connectivity index (χ3v) is 19.3. The number of thiol groups is 1. The van der Waals surface area contributed by atoms with Crippen LogP contribution in [0.1, 0.15) is 129 Å². The van der Waals surface area contributed by atoms with Crippen LogP contribution in [0.2, 0.25) is 0 Å². The highest BCUT2D eigenvalue weighted by molar-refractivity contribution is 7.80. The molecule has 0 spiro atoms. The van der Waals surface area contributed by atoms with Crippen molar-refractivity contribution in [3.8, 4) is 5.75 Å². The third kappa shape index (κ3) is 35.4. The lowest BCUT2D eigenvalue weighted by Crippen LogP contribution is -2.62. The highest BCUT2D eigenvalue weighted by Crippen LogP contribution is 2.22. The maximum atomic E-state index is 14.5. The summed E-state index contributed by atoms with van der Waals surface area (Å²) >= 11 is 4.23. The van der Waals surface area contributed by atoms with Crippen molar-refractivity contribution in [1.82, 2.24) is 89.3 Å². The normalized spacial score (nSPS) is 15.9. The first-order chi connectivity index (χ1) is 57.2. The Morgan fingerprint density at radius 2 is 1.05 bits per heavy atom. The van der Waals surface area contributed by atoms with Crippen LogP contribution in [0.25, 0.3) is 0 Å². The summed E-state index contributed by atoms with van der Waals surface area (Å²) in [4.78, 5) is 241. The molecule has 1 saturated heterocycles. The number of aliphatic carboxylic acids is 3. The molecule has 0 radical (unpaired) electrons. The topological polar surface area (TPSA) is 714 Å². The fourth-order valence-electron chi connectivity index (χ4n) is 12.5. The molecule has 4 rings (SSSR count). The number of guanidine groups is 1. The summed E-state index contributed by atoms with van der Waals surface area (Å²) in [5.41, 5.74) is 18.1. The largest absolute Gasteiger partial charge is 0.508 e. The number of carboxylic acid groups (broad SMARTS) is 3. The number of aromatic hydroxyl groups is 1. The smallest absolute Gasteiger partial charge is 0.326 e. The Hall–Kier alpha value is -12.1. The van der Waals surface area contributed by atoms with Gasteiger partial charge >= 0.3 is 17.9 Å². The lowest BCUT2D eigenvalue weighted by molar-refractivity contribution is -0.149. The lowest BCUT2D eigenvalue weighted by atomic mass is 10.0. The molecule has 28 N–H and O–H groups in total. The molecule has 0 saturated carbocycles. The van der Waals surface area contributed by atoms with Crippen LogP contribution in [0.3, 0.4) is 0 Å². The molecule has 1 fully saturated rings. The number of rotatable bonds is 53. The number of phenolic OH excluding ortho intramolecular Hbond substituents is 1. The summed E-state index contributed by atoms with van der Waals surface area (Å²) in [6, 6.07) is -8.74. The fraction of sp³-hybridized carbons (Fsp3) is 0.566. The van der Waals surface area contributed by atoms with Crippen molar-refractivity contribution in [2.75, 3.05) is 38.5 Å². The van der Waals surface area contributed by atoms with E-state index in [4.69, 9.17) is 22.6 Å². The number of hydrogen-bond acceptors (Lipinski definition) is 25. The Morgan fingerprint density at radius 1 is 0.554 bits per heavy atom. The van der Waals surface area contributed by atoms with Crippen molar-refractivity contribution in [3.05, 3.63) is 83.9 Å². The molecule has 45 heteroatoms. The molecule has 2 aromatic carbocycles. The average Bonchev–Trinajstić information content (AvgIpc) is 1.76. The van der Waals surface area contributed by atoms with Crippen LogP contribution < -0.4 is 91.6 Å². The molecule has 0 bridgehead atoms. The number of hydrogen-bond donors (Lipinski definition) is 26. The standard InChI is InChI=1S/C76H115N21O23S/c1-38(2)28-49(89-69(113)51(31-44-33-81-37-84-44)91-72(116)60(39(3)4)95-62(106)40(5)78)67(111)94-55(36-121)63(107)83-34-57(101)85-50(29-42-14-8-7-9-15-42)68(112)90-52(32-59(104)105)70(114)87-48(23-24-58(102)103)66(110)93-54(35-98)71(115)96-61(41(6)99)73(117)88-46(16-10-11-25-77)64(108)86-47(17-12-26-82-76(79)80)65(109)92-53(30-43-19-21-45(100)22-20-43)74(118)97-27-13-18-56(97)75(119)120/h7-9,14-15,19-22,33,37-41,46-56,60-61,98-100,121H,10-13,16-18,23-32,34-36,77-78H2,1-6H3,(H,81,84)(H,83,107)(H,85,101)(H,86,108)(H,87,114)(H,88,117)(H,89,113)(H,90,112)(H,91,116)(H,92,109)(H,93,110)(H,94,111)(H,95,106)(H,96,115)(H,102,103)(H,104,105)(H,119,120)(H4,79,80,82)/t40-,41+,46-,47-,48-,49-,50-,51-,52-,53-,54-,55-,56-,60-,61-/m0/s1. The number of aromatic amines is 1. The molecule has 121 heavy (non-hydrogen) atoms. The summed E-state index contributed by atoms with van der Waals surface area (Å²) in [5.74, 6) is -20.9. The highest BCUT2D eigenvalue weighted by atomic mass is 32.1. The number of benzene rings is 2. The summed E-state index contributed by atoms with van der Waals surface area (Å²) in [6.07, 6.45) is -2.24. The number of amides is 14. The van der Waals surface area contributed by atoms with Gasteiger partial charge in [0.25, 0.3) is 0 Å². The minimum atomic E-state index is -2.15. The van der Waals surface area contributed by atoms with Gasteiger partial charge in [-0.05, 0) is 113 Å². The van der Waals surface area contributed by atoms with E-state index in [9.17, 15) is 112 Å². The number of carboxylic acids is 3. The van der Waals surface area contributed by atoms with E-state index >= 15 is 0 Å². The summed E-state index contributed by atoms with van der Waals surface area (Å²) < 4.78 is 0. The number of H-pyrrole nitrogens is 1. The van der Waals surface area contributed by atoms with E-state index in [1.807, 2.05) is 0 Å². The average molecular weight is 1720 g/mol. The van der Waals surface area contributed by atoms with Gasteiger partial charge in [-0.3, -0.25) is 82.1 Å². The monoisotopic (exact) mass is 1720 g/mol. The minimum absolute atomic E-state index is 0.00563. The van der Waals surface area contributed by atoms with Crippen molar-refractivity contribution >= 4 is 119 Å². The van der Waals surface area contributed by atoms with Gasteiger partial charge in [-0.25, -0.2) is 9.78 Å². The summed E-state index contributed by atoms with van der Waals surface area (Å²) in [5, 5.41) is 103. The molecule has 1 aliphatic rings. The van der Waals surface area contributed by atoms with Gasteiger partial charge in [0.15, 0.2) is 5.96 Å². The van der Waals surface area contributed by atoms with Crippen molar-refractivity contribution in [1.29, 1.82) is 5.41 Å². The number of nitrogens with two attached hydrogens (primary N) is 3. The second kappa shape index (κ2) is 51.4. The second-order valence-electron chi connectivity index (χ2n) is 29.8. The molecule has 44 nitrogen and oxygen atoms in total. The number of aliphatic hydroxyl groups excluding tert-OH is 2. The Bertz CT molecular complexity index is 4030. The van der Waals surface area contributed by atoms with Crippen LogP contribution in [-0.2, 0) is 101 Å². The third-order valence-electron chi connectivity index (χ3n) is 19.0. The summed E-state index contributed by atoms with van der Waals surface area (Å²) in [7, 11) is 0. The van der Waals surface area contributed by atoms with Crippen LogP contribution in [-0.4, -0.2) is 281 Å². The summed E-state index contributed by atoms with van der Waals surface area (Å²) in [6.45, 7) is 7.18. The molecule has 1 aromatic heterocycles. The quantitative estimate of drug-likeness (QED) is 0.0108. The van der Waals surface area contributed by atoms with Crippen molar-refractivity contribution in [2.24, 2.45) is 29.0 Å². The van der Waals surface area contributed by atoms with E-state index < -0.39 is 236 Å². The highest BCUT2D eigenvalue weighted by Gasteiger charge is 2.42. The van der Waals surface area contributed by atoms with Crippen LogP contribution in [0.5, 0.6) is 5.75 Å². The SMILES string of the molecule is CC(C)C[C@H](NC(=O)[C@H](Cc1c[nH]cn1)NC(=O)[C@@H](NC(=O)[C@H](C)N)C(C)C)C(=O)N[C@@H](CS)C(=O)NCC(=O)N[C@@H](Cc1ccccc1)C(=O)N[C@@H](CC(=O)O)C(=O)N[C@@H](CCC(=O)O)C(=O)N[C@@H](CO)C(=O)N[C@H](C(=O)N[C@@H](CCCCN)C(=O)N[C@@H](CCCNC(=N)N)C(=O)N[C@@H](Cc1ccc(O)cc1)C(=O)N1CCC[C@H]1C(=O)O)[C@@H](C)O. The molecule has 2 heterocycles. The first kappa shape index (κ1) is 101. The van der Waals surface area contributed by atoms with E-state index in [2.05, 4.69) is 97.0 Å². The molecule has 14 amide bonds. The number of nitrogens with zero attached hydrogens (tertiary/aromatic N) is 2. The van der Waals surface area contributed by atoms with E-state index in [0.29, 0.717) is 23.2 Å². The van der Waals surface area contributed by atoms with Gasteiger partial charge in [-0.1, -0.05) is 70.2 Å². The maximum Gasteiger partial charge on any atom is 0.326 e. The molecular weight excluding hydrogens is 1610 g/mol. The fourth-order valence-corrected chi connectivity index (χ4v) is 12.7. The molecule has 0 unspecified atom stereocenters. The Morgan fingerprint density at radius 3 is 1.59 bits per heavy atom. The number of unbranched alkanes of at least 4 members (excludes halogenated alkanes) is 1. The molecule has 15 atom stereocenters. The zero-order valence-corrected chi connectivity index (χ0v) is 68.9. The van der Waals surface area contributed by atoms with Gasteiger partial charge in [-0.15, -0.1) is 0 Å². The van der Waals surface area contributed by atoms with Gasteiger partial charge in [0.05, 0.1) is 43.7 Å². The number of carbonyl (C=O) groups is 17. The van der Waals surface area contributed by atoms with Gasteiger partial charge in [-0.2, -0.15) is 12.6 Å². The Kier molecular flexibility index (Phi) is 43.0. The second-order valence-corrected chi connectivity index (χ2v) is 30.1. The minimum Gasteiger partial charge on any atom is -0.508 e. The van der Waals surface area contributed by atoms with Gasteiger partial charge in [0.2, 0.25) is 82.7 Å². The number of likely N-dealkylation sites (tertiary alicyclic amines) is 1. The number of carbonyl (C=O) groups excluding carboxylic acids is 14.